The van der Waals surface area contributed by atoms with Gasteiger partial charge in [-0.3, -0.25) is 0 Å². The van der Waals surface area contributed by atoms with Crippen LogP contribution in [0.25, 0.3) is 0 Å². The van der Waals surface area contributed by atoms with Crippen LogP contribution in [0.15, 0.2) is 24.3 Å². The van der Waals surface area contributed by atoms with Crippen LogP contribution >= 0.6 is 0 Å². The number of nitrogens with zero attached hydrogens (tertiary/aromatic N) is 1. The quantitative estimate of drug-likeness (QED) is 0.827. The minimum atomic E-state index is -0.143. The standard InChI is InChI=1S/C13H18FNO/c1-15-7-6-11(10(8-15)9-16)12-4-2-3-5-13(12)14/h2-5,10-11,16H,6-9H2,1H3/t10?,11-/m0/s1. The lowest BCUT2D eigenvalue weighted by atomic mass is 9.81. The Morgan fingerprint density at radius 3 is 2.88 bits per heavy atom. The molecule has 1 aromatic rings. The first kappa shape index (κ1) is 11.6. The van der Waals surface area contributed by atoms with E-state index in [1.165, 1.54) is 6.07 Å². The predicted molar refractivity (Wildman–Crippen MR) is 61.8 cm³/mol. The minimum absolute atomic E-state index is 0.128. The van der Waals surface area contributed by atoms with Gasteiger partial charge in [0.25, 0.3) is 0 Å². The van der Waals surface area contributed by atoms with Crippen LogP contribution in [0.1, 0.15) is 17.9 Å². The van der Waals surface area contributed by atoms with E-state index in [4.69, 9.17) is 0 Å². The van der Waals surface area contributed by atoms with E-state index in [0.29, 0.717) is 0 Å². The summed E-state index contributed by atoms with van der Waals surface area (Å²) in [6.45, 7) is 1.94. The Morgan fingerprint density at radius 2 is 2.19 bits per heavy atom. The summed E-state index contributed by atoms with van der Waals surface area (Å²) >= 11 is 0. The molecule has 16 heavy (non-hydrogen) atoms. The molecule has 0 aromatic heterocycles. The van der Waals surface area contributed by atoms with E-state index < -0.39 is 0 Å². The van der Waals surface area contributed by atoms with E-state index in [2.05, 4.69) is 4.90 Å². The molecule has 0 amide bonds. The highest BCUT2D eigenvalue weighted by molar-refractivity contribution is 5.23. The molecule has 1 aliphatic rings. The monoisotopic (exact) mass is 223 g/mol. The van der Waals surface area contributed by atoms with Gasteiger partial charge in [0.1, 0.15) is 5.82 Å². The maximum atomic E-state index is 13.7. The zero-order chi connectivity index (χ0) is 11.5. The average Bonchev–Trinajstić information content (AvgIpc) is 2.30. The zero-order valence-corrected chi connectivity index (χ0v) is 9.56. The van der Waals surface area contributed by atoms with Gasteiger partial charge in [0.2, 0.25) is 0 Å². The highest BCUT2D eigenvalue weighted by Gasteiger charge is 2.29. The summed E-state index contributed by atoms with van der Waals surface area (Å²) in [6.07, 6.45) is 0.919. The largest absolute Gasteiger partial charge is 0.396 e. The van der Waals surface area contributed by atoms with Crippen molar-refractivity contribution in [2.24, 2.45) is 5.92 Å². The molecule has 3 heteroatoms. The van der Waals surface area contributed by atoms with Crippen molar-refractivity contribution in [2.45, 2.75) is 12.3 Å². The molecule has 0 spiro atoms. The van der Waals surface area contributed by atoms with Crippen molar-refractivity contribution in [1.29, 1.82) is 0 Å². The van der Waals surface area contributed by atoms with Crippen molar-refractivity contribution in [3.63, 3.8) is 0 Å². The molecule has 0 saturated carbocycles. The Labute approximate surface area is 95.7 Å². The van der Waals surface area contributed by atoms with Gasteiger partial charge >= 0.3 is 0 Å². The fourth-order valence-electron chi connectivity index (χ4n) is 2.58. The molecule has 2 nitrogen and oxygen atoms in total. The third kappa shape index (κ3) is 2.25. The second-order valence-electron chi connectivity index (χ2n) is 4.62. The average molecular weight is 223 g/mol. The van der Waals surface area contributed by atoms with E-state index in [-0.39, 0.29) is 24.3 Å². The molecule has 0 radical (unpaired) electrons. The fourth-order valence-corrected chi connectivity index (χ4v) is 2.58. The minimum Gasteiger partial charge on any atom is -0.396 e. The van der Waals surface area contributed by atoms with Crippen LogP contribution in [0.4, 0.5) is 4.39 Å². The first-order valence-electron chi connectivity index (χ1n) is 5.76. The van der Waals surface area contributed by atoms with E-state index in [1.54, 1.807) is 6.07 Å². The molecule has 1 aliphatic heterocycles. The van der Waals surface area contributed by atoms with Crippen LogP contribution in [-0.2, 0) is 0 Å². The number of aliphatic hydroxyl groups is 1. The molecule has 0 bridgehead atoms. The first-order valence-corrected chi connectivity index (χ1v) is 5.76. The summed E-state index contributed by atoms with van der Waals surface area (Å²) in [5.41, 5.74) is 0.759. The molecule has 1 aromatic carbocycles. The molecule has 1 saturated heterocycles. The van der Waals surface area contributed by atoms with Gasteiger partial charge in [0, 0.05) is 19.1 Å². The summed E-state index contributed by atoms with van der Waals surface area (Å²) in [6, 6.07) is 6.92. The molecule has 88 valence electrons. The number of hydrogen-bond acceptors (Lipinski definition) is 2. The molecule has 1 heterocycles. The van der Waals surface area contributed by atoms with Gasteiger partial charge in [-0.1, -0.05) is 18.2 Å². The van der Waals surface area contributed by atoms with Crippen LogP contribution in [-0.4, -0.2) is 36.8 Å². The Morgan fingerprint density at radius 1 is 1.44 bits per heavy atom. The van der Waals surface area contributed by atoms with Crippen molar-refractivity contribution in [2.75, 3.05) is 26.7 Å². The van der Waals surface area contributed by atoms with Gasteiger partial charge < -0.3 is 10.0 Å². The number of piperidine rings is 1. The molecular weight excluding hydrogens is 205 g/mol. The summed E-state index contributed by atoms with van der Waals surface area (Å²) in [4.78, 5) is 2.19. The number of benzene rings is 1. The highest BCUT2D eigenvalue weighted by atomic mass is 19.1. The number of halogens is 1. The van der Waals surface area contributed by atoms with Gasteiger partial charge in [0.05, 0.1) is 0 Å². The van der Waals surface area contributed by atoms with Crippen LogP contribution in [0, 0.1) is 11.7 Å². The molecule has 1 N–H and O–H groups in total. The highest BCUT2D eigenvalue weighted by Crippen LogP contribution is 2.33. The maximum Gasteiger partial charge on any atom is 0.126 e. The summed E-state index contributed by atoms with van der Waals surface area (Å²) in [5.74, 6) is 0.161. The number of likely N-dealkylation sites (tertiary alicyclic amines) is 1. The van der Waals surface area contributed by atoms with E-state index in [1.807, 2.05) is 19.2 Å². The first-order chi connectivity index (χ1) is 7.72. The Kier molecular flexibility index (Phi) is 3.56. The van der Waals surface area contributed by atoms with Gasteiger partial charge in [-0.05, 0) is 37.6 Å². The fraction of sp³-hybridized carbons (Fsp3) is 0.538. The smallest absolute Gasteiger partial charge is 0.126 e. The van der Waals surface area contributed by atoms with Gasteiger partial charge in [0.15, 0.2) is 0 Å². The van der Waals surface area contributed by atoms with Crippen LogP contribution in [0.2, 0.25) is 0 Å². The lowest BCUT2D eigenvalue weighted by Crippen LogP contribution is -2.38. The van der Waals surface area contributed by atoms with Crippen molar-refractivity contribution in [3.05, 3.63) is 35.6 Å². The lowest BCUT2D eigenvalue weighted by Gasteiger charge is -2.36. The molecule has 0 aliphatic carbocycles. The summed E-state index contributed by atoms with van der Waals surface area (Å²) in [7, 11) is 2.04. The maximum absolute atomic E-state index is 13.7. The van der Waals surface area contributed by atoms with Crippen molar-refractivity contribution < 1.29 is 9.50 Å². The lowest BCUT2D eigenvalue weighted by molar-refractivity contribution is 0.117. The number of aliphatic hydroxyl groups excluding tert-OH is 1. The summed E-state index contributed by atoms with van der Waals surface area (Å²) < 4.78 is 13.7. The topological polar surface area (TPSA) is 23.5 Å². The third-order valence-electron chi connectivity index (χ3n) is 3.48. The normalized spacial score (nSPS) is 26.9. The molecule has 2 atom stereocenters. The summed E-state index contributed by atoms with van der Waals surface area (Å²) in [5, 5.41) is 9.38. The molecular formula is C13H18FNO. The van der Waals surface area contributed by atoms with Crippen molar-refractivity contribution in [1.82, 2.24) is 4.90 Å². The molecule has 1 unspecified atom stereocenters. The van der Waals surface area contributed by atoms with Gasteiger partial charge in [-0.2, -0.15) is 0 Å². The molecule has 2 rings (SSSR count). The molecule has 1 fully saturated rings. The Bertz CT molecular complexity index is 356. The third-order valence-corrected chi connectivity index (χ3v) is 3.48. The zero-order valence-electron chi connectivity index (χ0n) is 9.56. The van der Waals surface area contributed by atoms with E-state index in [9.17, 15) is 9.50 Å². The van der Waals surface area contributed by atoms with Crippen LogP contribution < -0.4 is 0 Å². The Balaban J connectivity index is 2.22. The van der Waals surface area contributed by atoms with Gasteiger partial charge in [-0.25, -0.2) is 4.39 Å². The van der Waals surface area contributed by atoms with Crippen molar-refractivity contribution in [3.8, 4) is 0 Å². The Hall–Kier alpha value is -0.930. The predicted octanol–water partition coefficient (Wildman–Crippen LogP) is 1.85. The number of hydrogen-bond donors (Lipinski definition) is 1. The van der Waals surface area contributed by atoms with Gasteiger partial charge in [-0.15, -0.1) is 0 Å². The van der Waals surface area contributed by atoms with E-state index in [0.717, 1.165) is 25.1 Å². The van der Waals surface area contributed by atoms with Crippen LogP contribution in [0.3, 0.4) is 0 Å². The van der Waals surface area contributed by atoms with E-state index >= 15 is 0 Å². The second kappa shape index (κ2) is 4.93. The second-order valence-corrected chi connectivity index (χ2v) is 4.62. The van der Waals surface area contributed by atoms with Crippen LogP contribution in [0.5, 0.6) is 0 Å². The SMILES string of the molecule is CN1CC[C@H](c2ccccc2F)C(CO)C1. The van der Waals surface area contributed by atoms with Crippen molar-refractivity contribution >= 4 is 0 Å². The number of rotatable bonds is 2.